The molecule has 0 atom stereocenters. The van der Waals surface area contributed by atoms with Crippen LogP contribution in [0.25, 0.3) is 16.7 Å². The van der Waals surface area contributed by atoms with Crippen LogP contribution in [0.3, 0.4) is 0 Å². The highest BCUT2D eigenvalue weighted by atomic mass is 16.6. The van der Waals surface area contributed by atoms with E-state index in [1.54, 1.807) is 6.92 Å². The van der Waals surface area contributed by atoms with E-state index in [9.17, 15) is 19.7 Å². The van der Waals surface area contributed by atoms with E-state index in [4.69, 9.17) is 0 Å². The standard InChI is InChI=1S/C16H19N3O4/c1-4-5-6-7-15(20)18-13-9-8-12(19(22)23)10-14(13)17(11(2)3)16(18)21/h8-10H,2,4-7H2,1,3H3. The van der Waals surface area contributed by atoms with E-state index in [1.807, 2.05) is 6.92 Å². The lowest BCUT2D eigenvalue weighted by Crippen LogP contribution is -2.28. The van der Waals surface area contributed by atoms with Crippen LogP contribution in [0.5, 0.6) is 0 Å². The van der Waals surface area contributed by atoms with Crippen molar-refractivity contribution >= 4 is 28.3 Å². The molecule has 0 saturated carbocycles. The lowest BCUT2D eigenvalue weighted by atomic mass is 10.2. The summed E-state index contributed by atoms with van der Waals surface area (Å²) >= 11 is 0. The summed E-state index contributed by atoms with van der Waals surface area (Å²) < 4.78 is 2.32. The third kappa shape index (κ3) is 3.08. The average molecular weight is 317 g/mol. The Morgan fingerprint density at radius 3 is 2.52 bits per heavy atom. The number of allylic oxidation sites excluding steroid dienone is 1. The van der Waals surface area contributed by atoms with E-state index in [2.05, 4.69) is 6.58 Å². The highest BCUT2D eigenvalue weighted by molar-refractivity contribution is 5.92. The normalized spacial score (nSPS) is 10.9. The molecule has 0 radical (unpaired) electrons. The summed E-state index contributed by atoms with van der Waals surface area (Å²) in [4.78, 5) is 35.4. The molecule has 0 saturated heterocycles. The minimum atomic E-state index is -0.535. The highest BCUT2D eigenvalue weighted by Crippen LogP contribution is 2.22. The van der Waals surface area contributed by atoms with Gasteiger partial charge in [0.25, 0.3) is 5.69 Å². The number of rotatable bonds is 6. The largest absolute Gasteiger partial charge is 0.340 e. The number of nitrogens with zero attached hydrogens (tertiary/aromatic N) is 3. The van der Waals surface area contributed by atoms with Crippen molar-refractivity contribution in [2.45, 2.75) is 39.5 Å². The maximum absolute atomic E-state index is 12.6. The first-order valence-electron chi connectivity index (χ1n) is 7.49. The van der Waals surface area contributed by atoms with Crippen LogP contribution >= 0.6 is 0 Å². The Morgan fingerprint density at radius 2 is 1.96 bits per heavy atom. The monoisotopic (exact) mass is 317 g/mol. The molecule has 0 fully saturated rings. The van der Waals surface area contributed by atoms with Gasteiger partial charge in [-0.3, -0.25) is 19.5 Å². The number of carbonyl (C=O) groups is 1. The Morgan fingerprint density at radius 1 is 1.26 bits per heavy atom. The number of carbonyl (C=O) groups excluding carboxylic acids is 1. The molecule has 0 aliphatic heterocycles. The molecule has 0 bridgehead atoms. The molecule has 1 heterocycles. The predicted octanol–water partition coefficient (Wildman–Crippen LogP) is 3.42. The van der Waals surface area contributed by atoms with Crippen molar-refractivity contribution in [2.24, 2.45) is 0 Å². The molecule has 2 aromatic rings. The fraction of sp³-hybridized carbons (Fsp3) is 0.375. The number of hydrogen-bond donors (Lipinski definition) is 0. The third-order valence-corrected chi connectivity index (χ3v) is 3.66. The van der Waals surface area contributed by atoms with Crippen LogP contribution in [0.2, 0.25) is 0 Å². The van der Waals surface area contributed by atoms with Gasteiger partial charge in [-0.2, -0.15) is 0 Å². The molecular weight excluding hydrogens is 298 g/mol. The summed E-state index contributed by atoms with van der Waals surface area (Å²) in [6, 6.07) is 4.02. The van der Waals surface area contributed by atoms with Gasteiger partial charge < -0.3 is 0 Å². The molecule has 0 aliphatic carbocycles. The molecule has 0 amide bonds. The minimum absolute atomic E-state index is 0.136. The van der Waals surface area contributed by atoms with Crippen LogP contribution in [-0.2, 0) is 0 Å². The number of nitro groups is 1. The SMILES string of the molecule is C=C(C)n1c(=O)n(C(=O)CCCCC)c2ccc([N+](=O)[O-])cc21. The predicted molar refractivity (Wildman–Crippen MR) is 88.6 cm³/mol. The van der Waals surface area contributed by atoms with Crippen LogP contribution in [0.15, 0.2) is 29.6 Å². The van der Waals surface area contributed by atoms with E-state index in [1.165, 1.54) is 22.8 Å². The fourth-order valence-corrected chi connectivity index (χ4v) is 2.55. The average Bonchev–Trinajstić information content (AvgIpc) is 2.78. The van der Waals surface area contributed by atoms with Gasteiger partial charge in [0.15, 0.2) is 0 Å². The second-order valence-corrected chi connectivity index (χ2v) is 5.47. The van der Waals surface area contributed by atoms with Crippen LogP contribution in [-0.4, -0.2) is 20.0 Å². The van der Waals surface area contributed by atoms with Gasteiger partial charge in [-0.15, -0.1) is 0 Å². The van der Waals surface area contributed by atoms with Crippen LogP contribution in [0, 0.1) is 10.1 Å². The summed E-state index contributed by atoms with van der Waals surface area (Å²) in [6.07, 6.45) is 2.85. The van der Waals surface area contributed by atoms with Gasteiger partial charge in [0.2, 0.25) is 5.91 Å². The molecular formula is C16H19N3O4. The first-order valence-corrected chi connectivity index (χ1v) is 7.49. The Bertz CT molecular complexity index is 845. The third-order valence-electron chi connectivity index (χ3n) is 3.66. The zero-order chi connectivity index (χ0) is 17.1. The summed E-state index contributed by atoms with van der Waals surface area (Å²) in [5.74, 6) is -0.303. The van der Waals surface area contributed by atoms with Crippen LogP contribution < -0.4 is 5.69 Å². The summed E-state index contributed by atoms with van der Waals surface area (Å²) in [7, 11) is 0. The molecule has 1 aromatic carbocycles. The molecule has 2 rings (SSSR count). The fourth-order valence-electron chi connectivity index (χ4n) is 2.55. The molecule has 7 nitrogen and oxygen atoms in total. The molecule has 7 heteroatoms. The molecule has 1 aromatic heterocycles. The summed E-state index contributed by atoms with van der Waals surface area (Å²) in [5, 5.41) is 10.9. The Kier molecular flexibility index (Phi) is 4.78. The van der Waals surface area contributed by atoms with Crippen molar-refractivity contribution in [3.63, 3.8) is 0 Å². The number of non-ortho nitro benzene ring substituents is 1. The van der Waals surface area contributed by atoms with Crippen molar-refractivity contribution in [3.05, 3.63) is 45.4 Å². The second kappa shape index (κ2) is 6.60. The number of hydrogen-bond acceptors (Lipinski definition) is 4. The van der Waals surface area contributed by atoms with Gasteiger partial charge >= 0.3 is 5.69 Å². The maximum atomic E-state index is 12.6. The Labute approximate surface area is 133 Å². The molecule has 0 N–H and O–H groups in total. The second-order valence-electron chi connectivity index (χ2n) is 5.47. The molecule has 0 spiro atoms. The maximum Gasteiger partial charge on any atom is 0.340 e. The number of fused-ring (bicyclic) bond motifs is 1. The first-order chi connectivity index (χ1) is 10.9. The number of unbranched alkanes of at least 4 members (excludes halogenated alkanes) is 2. The van der Waals surface area contributed by atoms with Gasteiger partial charge in [-0.25, -0.2) is 9.36 Å². The van der Waals surface area contributed by atoms with Crippen molar-refractivity contribution in [1.29, 1.82) is 0 Å². The van der Waals surface area contributed by atoms with Gasteiger partial charge in [-0.05, 0) is 19.4 Å². The lowest BCUT2D eigenvalue weighted by molar-refractivity contribution is -0.384. The zero-order valence-electron chi connectivity index (χ0n) is 13.2. The van der Waals surface area contributed by atoms with Gasteiger partial charge in [-0.1, -0.05) is 26.3 Å². The Hall–Kier alpha value is -2.70. The molecule has 0 unspecified atom stereocenters. The van der Waals surface area contributed by atoms with Crippen molar-refractivity contribution in [1.82, 2.24) is 9.13 Å². The van der Waals surface area contributed by atoms with Crippen molar-refractivity contribution in [2.75, 3.05) is 0 Å². The first kappa shape index (κ1) is 16.7. The van der Waals surface area contributed by atoms with Crippen molar-refractivity contribution < 1.29 is 9.72 Å². The number of aromatic nitrogens is 2. The summed E-state index contributed by atoms with van der Waals surface area (Å²) in [6.45, 7) is 7.37. The number of imidazole rings is 1. The lowest BCUT2D eigenvalue weighted by Gasteiger charge is -2.01. The van der Waals surface area contributed by atoms with E-state index in [-0.39, 0.29) is 18.0 Å². The highest BCUT2D eigenvalue weighted by Gasteiger charge is 2.20. The molecule has 0 aliphatic rings. The summed E-state index contributed by atoms with van der Waals surface area (Å²) in [5.41, 5.74) is 0.420. The van der Waals surface area contributed by atoms with Gasteiger partial charge in [0.1, 0.15) is 0 Å². The smallest absolute Gasteiger partial charge is 0.274 e. The van der Waals surface area contributed by atoms with E-state index < -0.39 is 10.6 Å². The van der Waals surface area contributed by atoms with Gasteiger partial charge in [0.05, 0.1) is 16.0 Å². The van der Waals surface area contributed by atoms with Crippen molar-refractivity contribution in [3.8, 4) is 0 Å². The molecule has 23 heavy (non-hydrogen) atoms. The topological polar surface area (TPSA) is 87.1 Å². The van der Waals surface area contributed by atoms with Gasteiger partial charge in [0, 0.05) is 24.3 Å². The molecule has 122 valence electrons. The van der Waals surface area contributed by atoms with E-state index >= 15 is 0 Å². The Balaban J connectivity index is 2.64. The van der Waals surface area contributed by atoms with Crippen LogP contribution in [0.1, 0.15) is 44.3 Å². The van der Waals surface area contributed by atoms with Crippen LogP contribution in [0.4, 0.5) is 5.69 Å². The number of nitro benzene ring substituents is 1. The number of benzene rings is 1. The minimum Gasteiger partial charge on any atom is -0.274 e. The van der Waals surface area contributed by atoms with E-state index in [0.717, 1.165) is 17.4 Å². The van der Waals surface area contributed by atoms with E-state index in [0.29, 0.717) is 23.2 Å². The quantitative estimate of drug-likeness (QED) is 0.464. The zero-order valence-corrected chi connectivity index (χ0v) is 13.2.